The second kappa shape index (κ2) is 10.9. The first kappa shape index (κ1) is 24.9. The number of carbonyl (C=O) groups is 1. The first-order valence-electron chi connectivity index (χ1n) is 11.1. The molecule has 0 saturated carbocycles. The number of carboxylic acid groups (broad SMARTS) is 1. The van der Waals surface area contributed by atoms with Crippen LogP contribution in [-0.2, 0) is 15.7 Å². The Morgan fingerprint density at radius 1 is 1.18 bits per heavy atom. The van der Waals surface area contributed by atoms with Crippen molar-refractivity contribution in [2.24, 2.45) is 0 Å². The Morgan fingerprint density at radius 2 is 1.85 bits per heavy atom. The molecule has 2 heterocycles. The number of hydrogen-bond acceptors (Lipinski definition) is 6. The lowest BCUT2D eigenvalue weighted by Crippen LogP contribution is -2.39. The zero-order chi connectivity index (χ0) is 24.0. The molecule has 3 rings (SSSR count). The highest BCUT2D eigenvalue weighted by Gasteiger charge is 2.34. The Balaban J connectivity index is 1.98. The van der Waals surface area contributed by atoms with Gasteiger partial charge in [0.15, 0.2) is 0 Å². The molecule has 0 amide bonds. The molecule has 1 fully saturated rings. The molecule has 1 saturated heterocycles. The maximum absolute atomic E-state index is 12.8. The van der Waals surface area contributed by atoms with Crippen LogP contribution in [0.15, 0.2) is 30.6 Å². The van der Waals surface area contributed by atoms with E-state index in [1.54, 1.807) is 0 Å². The molecule has 10 heteroatoms. The normalized spacial score (nSPS) is 16.9. The van der Waals surface area contributed by atoms with Crippen LogP contribution in [0, 0.1) is 0 Å². The summed E-state index contributed by atoms with van der Waals surface area (Å²) >= 11 is 0. The predicted molar refractivity (Wildman–Crippen MR) is 117 cm³/mol. The number of ether oxygens (including phenoxy) is 1. The minimum Gasteiger partial charge on any atom is -0.481 e. The summed E-state index contributed by atoms with van der Waals surface area (Å²) in [6.07, 6.45) is -0.927. The second-order valence-corrected chi connectivity index (χ2v) is 8.04. The van der Waals surface area contributed by atoms with Crippen LogP contribution in [0.3, 0.4) is 0 Å². The van der Waals surface area contributed by atoms with Crippen LogP contribution in [-0.4, -0.2) is 52.2 Å². The number of aromatic nitrogens is 2. The monoisotopic (exact) mass is 466 g/mol. The maximum Gasteiger partial charge on any atom is 0.451 e. The molecule has 1 aromatic heterocycles. The van der Waals surface area contributed by atoms with Gasteiger partial charge in [-0.05, 0) is 36.0 Å². The maximum atomic E-state index is 12.8. The van der Waals surface area contributed by atoms with E-state index in [-0.39, 0.29) is 18.4 Å². The summed E-state index contributed by atoms with van der Waals surface area (Å²) in [7, 11) is 0. The predicted octanol–water partition coefficient (Wildman–Crippen LogP) is 4.99. The smallest absolute Gasteiger partial charge is 0.451 e. The Kier molecular flexibility index (Phi) is 8.25. The lowest BCUT2D eigenvalue weighted by Gasteiger charge is -2.35. The Bertz CT molecular complexity index is 932. The van der Waals surface area contributed by atoms with Gasteiger partial charge in [0.1, 0.15) is 0 Å². The van der Waals surface area contributed by atoms with Crippen LogP contribution in [0.5, 0.6) is 0 Å². The van der Waals surface area contributed by atoms with E-state index in [9.17, 15) is 23.1 Å². The van der Waals surface area contributed by atoms with Gasteiger partial charge in [0, 0.05) is 24.8 Å². The molecule has 1 aliphatic heterocycles. The van der Waals surface area contributed by atoms with Gasteiger partial charge in [-0.2, -0.15) is 13.2 Å². The fraction of sp³-hybridized carbons (Fsp3) is 0.522. The molecule has 1 aromatic carbocycles. The third-order valence-electron chi connectivity index (χ3n) is 5.88. The molecule has 2 atom stereocenters. The van der Waals surface area contributed by atoms with Gasteiger partial charge in [-0.15, -0.1) is 0 Å². The molecule has 7 nitrogen and oxygen atoms in total. The van der Waals surface area contributed by atoms with Gasteiger partial charge in [-0.1, -0.05) is 26.0 Å². The second-order valence-electron chi connectivity index (χ2n) is 8.04. The van der Waals surface area contributed by atoms with Crippen molar-refractivity contribution in [1.82, 2.24) is 14.9 Å². The van der Waals surface area contributed by atoms with Crippen molar-refractivity contribution in [2.45, 2.75) is 51.2 Å². The average molecular weight is 467 g/mol. The van der Waals surface area contributed by atoms with Crippen molar-refractivity contribution in [3.63, 3.8) is 0 Å². The quantitative estimate of drug-likeness (QED) is 0.538. The molecular weight excluding hydrogens is 437 g/mol. The van der Waals surface area contributed by atoms with Gasteiger partial charge >= 0.3 is 12.1 Å². The van der Waals surface area contributed by atoms with Crippen LogP contribution < -0.4 is 5.32 Å². The Morgan fingerprint density at radius 3 is 2.39 bits per heavy atom. The van der Waals surface area contributed by atoms with Crippen molar-refractivity contribution in [1.29, 1.82) is 0 Å². The van der Waals surface area contributed by atoms with Crippen molar-refractivity contribution in [3.05, 3.63) is 47.5 Å². The standard InChI is InChI=1S/C23H29F3N4O3/c1-3-15(12-21(31)32)16-5-6-18(20(4-2)30-7-9-33-10-8-30)19(11-16)29-17-13-27-22(28-14-17)23(24,25)26/h5-6,11,13-15,20,29H,3-4,7-10,12H2,1-2H3,(H,31,32)/t15?,20-/m1/s1. The third kappa shape index (κ3) is 6.42. The van der Waals surface area contributed by atoms with E-state index >= 15 is 0 Å². The number of nitrogens with one attached hydrogen (secondary N) is 1. The fourth-order valence-electron chi connectivity index (χ4n) is 4.19. The molecule has 1 unspecified atom stereocenters. The number of aliphatic carboxylic acids is 1. The van der Waals surface area contributed by atoms with Crippen molar-refractivity contribution in [3.8, 4) is 0 Å². The van der Waals surface area contributed by atoms with E-state index in [0.717, 1.165) is 43.0 Å². The lowest BCUT2D eigenvalue weighted by molar-refractivity contribution is -0.145. The summed E-state index contributed by atoms with van der Waals surface area (Å²) < 4.78 is 44.0. The largest absolute Gasteiger partial charge is 0.481 e. The molecule has 0 spiro atoms. The fourth-order valence-corrected chi connectivity index (χ4v) is 4.19. The lowest BCUT2D eigenvalue weighted by atomic mass is 9.90. The summed E-state index contributed by atoms with van der Waals surface area (Å²) in [6, 6.07) is 5.90. The molecule has 180 valence electrons. The van der Waals surface area contributed by atoms with E-state index in [4.69, 9.17) is 4.74 Å². The van der Waals surface area contributed by atoms with Crippen LogP contribution in [0.25, 0.3) is 0 Å². The summed E-state index contributed by atoms with van der Waals surface area (Å²) in [5.74, 6) is -2.25. The number of anilines is 2. The Labute approximate surface area is 191 Å². The van der Waals surface area contributed by atoms with E-state index in [0.29, 0.717) is 31.0 Å². The molecular formula is C23H29F3N4O3. The third-order valence-corrected chi connectivity index (χ3v) is 5.88. The van der Waals surface area contributed by atoms with Gasteiger partial charge in [0.25, 0.3) is 0 Å². The van der Waals surface area contributed by atoms with Crippen molar-refractivity contribution in [2.75, 3.05) is 31.6 Å². The minimum absolute atomic E-state index is 0.000647. The van der Waals surface area contributed by atoms with E-state index in [1.165, 1.54) is 0 Å². The van der Waals surface area contributed by atoms with Crippen LogP contribution in [0.2, 0.25) is 0 Å². The van der Waals surface area contributed by atoms with E-state index in [1.807, 2.05) is 25.1 Å². The van der Waals surface area contributed by atoms with Gasteiger partial charge in [0.2, 0.25) is 5.82 Å². The minimum atomic E-state index is -4.61. The number of alkyl halides is 3. The number of carboxylic acids is 1. The summed E-state index contributed by atoms with van der Waals surface area (Å²) in [4.78, 5) is 20.5. The number of halogens is 3. The van der Waals surface area contributed by atoms with Gasteiger partial charge in [-0.25, -0.2) is 9.97 Å². The number of nitrogens with zero attached hydrogens (tertiary/aromatic N) is 3. The first-order chi connectivity index (χ1) is 15.7. The number of rotatable bonds is 9. The summed E-state index contributed by atoms with van der Waals surface area (Å²) in [6.45, 7) is 6.85. The summed E-state index contributed by atoms with van der Waals surface area (Å²) in [5.41, 5.74) is 2.87. The zero-order valence-electron chi connectivity index (χ0n) is 18.7. The molecule has 2 aromatic rings. The SMILES string of the molecule is CCC(CC(=O)O)c1ccc([C@@H](CC)N2CCOCC2)c(Nc2cnc(C(F)(F)F)nc2)c1. The van der Waals surface area contributed by atoms with Crippen molar-refractivity contribution < 1.29 is 27.8 Å². The Hall–Kier alpha value is -2.72. The van der Waals surface area contributed by atoms with Crippen LogP contribution in [0.4, 0.5) is 24.5 Å². The molecule has 0 radical (unpaired) electrons. The number of morpholine rings is 1. The highest BCUT2D eigenvalue weighted by atomic mass is 19.4. The van der Waals surface area contributed by atoms with Crippen LogP contribution >= 0.6 is 0 Å². The highest BCUT2D eigenvalue weighted by molar-refractivity contribution is 5.69. The van der Waals surface area contributed by atoms with Gasteiger partial charge in [0.05, 0.1) is 37.7 Å². The van der Waals surface area contributed by atoms with Gasteiger partial charge < -0.3 is 15.2 Å². The van der Waals surface area contributed by atoms with Crippen molar-refractivity contribution >= 4 is 17.3 Å². The van der Waals surface area contributed by atoms with E-state index < -0.39 is 18.0 Å². The number of hydrogen-bond donors (Lipinski definition) is 2. The molecule has 0 aliphatic carbocycles. The average Bonchev–Trinajstić information content (AvgIpc) is 2.79. The highest BCUT2D eigenvalue weighted by Crippen LogP contribution is 2.36. The topological polar surface area (TPSA) is 87.6 Å². The van der Waals surface area contributed by atoms with Gasteiger partial charge in [-0.3, -0.25) is 9.69 Å². The summed E-state index contributed by atoms with van der Waals surface area (Å²) in [5, 5.41) is 12.5. The van der Waals surface area contributed by atoms with E-state index in [2.05, 4.69) is 27.1 Å². The van der Waals surface area contributed by atoms with Crippen LogP contribution in [0.1, 0.15) is 62.0 Å². The molecule has 1 aliphatic rings. The molecule has 0 bridgehead atoms. The first-order valence-corrected chi connectivity index (χ1v) is 11.1. The molecule has 2 N–H and O–H groups in total. The molecule has 33 heavy (non-hydrogen) atoms. The number of benzene rings is 1. The zero-order valence-corrected chi connectivity index (χ0v) is 18.7.